The van der Waals surface area contributed by atoms with Gasteiger partial charge >= 0.3 is 0 Å². The first-order valence-electron chi connectivity index (χ1n) is 5.94. The van der Waals surface area contributed by atoms with Gasteiger partial charge in [0, 0.05) is 12.1 Å². The van der Waals surface area contributed by atoms with E-state index in [2.05, 4.69) is 12.2 Å². The van der Waals surface area contributed by atoms with Crippen molar-refractivity contribution in [2.75, 3.05) is 5.73 Å². The highest BCUT2D eigenvalue weighted by molar-refractivity contribution is 6.33. The highest BCUT2D eigenvalue weighted by Crippen LogP contribution is 2.35. The zero-order chi connectivity index (χ0) is 11.6. The molecule has 2 nitrogen and oxygen atoms in total. The van der Waals surface area contributed by atoms with Crippen LogP contribution in [-0.2, 0) is 6.54 Å². The summed E-state index contributed by atoms with van der Waals surface area (Å²) in [6.45, 7) is 3.13. The van der Waals surface area contributed by atoms with Crippen molar-refractivity contribution in [2.24, 2.45) is 0 Å². The lowest BCUT2D eigenvalue weighted by Crippen LogP contribution is -2.49. The second kappa shape index (κ2) is 4.64. The molecule has 0 unspecified atom stereocenters. The van der Waals surface area contributed by atoms with Gasteiger partial charge < -0.3 is 11.1 Å². The van der Waals surface area contributed by atoms with Gasteiger partial charge in [0.25, 0.3) is 0 Å². The number of nitrogens with one attached hydrogen (secondary N) is 1. The minimum atomic E-state index is 0.383. The number of benzene rings is 1. The van der Waals surface area contributed by atoms with Gasteiger partial charge in [-0.15, -0.1) is 0 Å². The Morgan fingerprint density at radius 3 is 2.69 bits per heavy atom. The van der Waals surface area contributed by atoms with Crippen molar-refractivity contribution in [2.45, 2.75) is 44.7 Å². The second-order valence-electron chi connectivity index (χ2n) is 4.70. The van der Waals surface area contributed by atoms with E-state index >= 15 is 0 Å². The van der Waals surface area contributed by atoms with Gasteiger partial charge in [-0.25, -0.2) is 0 Å². The minimum absolute atomic E-state index is 0.383. The third-order valence-corrected chi connectivity index (χ3v) is 4.05. The topological polar surface area (TPSA) is 38.0 Å². The molecule has 1 aromatic rings. The van der Waals surface area contributed by atoms with Gasteiger partial charge in [0.05, 0.1) is 10.7 Å². The standard InChI is InChI=1S/C13H19ClN2/c1-2-13(6-3-7-13)16-9-10-4-5-12(15)11(14)8-10/h4-5,8,16H,2-3,6-7,9,15H2,1H3. The first kappa shape index (κ1) is 11.7. The Morgan fingerprint density at radius 2 is 2.19 bits per heavy atom. The number of anilines is 1. The van der Waals surface area contributed by atoms with E-state index in [0.717, 1.165) is 6.54 Å². The first-order valence-corrected chi connectivity index (χ1v) is 6.32. The summed E-state index contributed by atoms with van der Waals surface area (Å²) in [4.78, 5) is 0. The van der Waals surface area contributed by atoms with Crippen LogP contribution in [-0.4, -0.2) is 5.54 Å². The van der Waals surface area contributed by atoms with Gasteiger partial charge in [-0.2, -0.15) is 0 Å². The Kier molecular flexibility index (Phi) is 3.41. The van der Waals surface area contributed by atoms with Crippen LogP contribution in [0.4, 0.5) is 5.69 Å². The molecule has 1 fully saturated rings. The Bertz CT molecular complexity index is 367. The summed E-state index contributed by atoms with van der Waals surface area (Å²) in [6, 6.07) is 5.86. The summed E-state index contributed by atoms with van der Waals surface area (Å²) in [7, 11) is 0. The fourth-order valence-electron chi connectivity index (χ4n) is 2.23. The van der Waals surface area contributed by atoms with Crippen LogP contribution in [0, 0.1) is 0 Å². The van der Waals surface area contributed by atoms with Crippen LogP contribution in [0.25, 0.3) is 0 Å². The number of halogens is 1. The molecule has 0 atom stereocenters. The molecule has 1 aliphatic rings. The van der Waals surface area contributed by atoms with E-state index in [1.165, 1.54) is 31.2 Å². The van der Waals surface area contributed by atoms with E-state index in [4.69, 9.17) is 17.3 Å². The van der Waals surface area contributed by atoms with Gasteiger partial charge in [-0.05, 0) is 43.4 Å². The highest BCUT2D eigenvalue weighted by Gasteiger charge is 2.34. The van der Waals surface area contributed by atoms with Crippen LogP contribution in [0.3, 0.4) is 0 Å². The summed E-state index contributed by atoms with van der Waals surface area (Å²) >= 11 is 5.99. The molecule has 16 heavy (non-hydrogen) atoms. The van der Waals surface area contributed by atoms with E-state index in [1.807, 2.05) is 18.2 Å². The van der Waals surface area contributed by atoms with E-state index in [9.17, 15) is 0 Å². The van der Waals surface area contributed by atoms with Crippen molar-refractivity contribution in [3.63, 3.8) is 0 Å². The lowest BCUT2D eigenvalue weighted by Gasteiger charge is -2.42. The molecular formula is C13H19ClN2. The van der Waals surface area contributed by atoms with Crippen molar-refractivity contribution in [1.82, 2.24) is 5.32 Å². The summed E-state index contributed by atoms with van der Waals surface area (Å²) in [6.07, 6.45) is 5.15. The number of nitrogen functional groups attached to an aromatic ring is 1. The molecule has 0 bridgehead atoms. The van der Waals surface area contributed by atoms with Crippen molar-refractivity contribution in [3.8, 4) is 0 Å². The van der Waals surface area contributed by atoms with Crippen LogP contribution >= 0.6 is 11.6 Å². The van der Waals surface area contributed by atoms with Gasteiger partial charge in [0.1, 0.15) is 0 Å². The Morgan fingerprint density at radius 1 is 1.44 bits per heavy atom. The molecule has 3 heteroatoms. The quantitative estimate of drug-likeness (QED) is 0.790. The van der Waals surface area contributed by atoms with E-state index < -0.39 is 0 Å². The molecule has 0 radical (unpaired) electrons. The third-order valence-electron chi connectivity index (χ3n) is 3.72. The molecule has 1 aliphatic carbocycles. The van der Waals surface area contributed by atoms with Gasteiger partial charge in [-0.1, -0.05) is 24.6 Å². The molecule has 0 saturated heterocycles. The smallest absolute Gasteiger partial charge is 0.0638 e. The van der Waals surface area contributed by atoms with Crippen molar-refractivity contribution in [1.29, 1.82) is 0 Å². The molecule has 1 saturated carbocycles. The summed E-state index contributed by atoms with van der Waals surface area (Å²) < 4.78 is 0. The predicted molar refractivity (Wildman–Crippen MR) is 69.6 cm³/mol. The van der Waals surface area contributed by atoms with Crippen molar-refractivity contribution >= 4 is 17.3 Å². The average Bonchev–Trinajstić information content (AvgIpc) is 2.22. The molecule has 0 aliphatic heterocycles. The van der Waals surface area contributed by atoms with Crippen LogP contribution in [0.1, 0.15) is 38.2 Å². The Balaban J connectivity index is 1.96. The van der Waals surface area contributed by atoms with Gasteiger partial charge in [0.2, 0.25) is 0 Å². The molecule has 0 heterocycles. The minimum Gasteiger partial charge on any atom is -0.398 e. The lowest BCUT2D eigenvalue weighted by molar-refractivity contribution is 0.175. The van der Waals surface area contributed by atoms with Crippen LogP contribution in [0.15, 0.2) is 18.2 Å². The Hall–Kier alpha value is -0.730. The van der Waals surface area contributed by atoms with Crippen LogP contribution in [0.5, 0.6) is 0 Å². The molecule has 3 N–H and O–H groups in total. The van der Waals surface area contributed by atoms with E-state index in [-0.39, 0.29) is 0 Å². The second-order valence-corrected chi connectivity index (χ2v) is 5.10. The lowest BCUT2D eigenvalue weighted by atomic mass is 9.75. The predicted octanol–water partition coefficient (Wildman–Crippen LogP) is 3.34. The van der Waals surface area contributed by atoms with E-state index in [0.29, 0.717) is 16.2 Å². The number of nitrogens with two attached hydrogens (primary N) is 1. The number of rotatable bonds is 4. The summed E-state index contributed by atoms with van der Waals surface area (Å²) in [5, 5.41) is 4.30. The number of hydrogen-bond acceptors (Lipinski definition) is 2. The van der Waals surface area contributed by atoms with Crippen molar-refractivity contribution in [3.05, 3.63) is 28.8 Å². The fraction of sp³-hybridized carbons (Fsp3) is 0.538. The molecule has 0 aromatic heterocycles. The van der Waals surface area contributed by atoms with Gasteiger partial charge in [-0.3, -0.25) is 0 Å². The monoisotopic (exact) mass is 238 g/mol. The summed E-state index contributed by atoms with van der Waals surface area (Å²) in [5.74, 6) is 0. The van der Waals surface area contributed by atoms with E-state index in [1.54, 1.807) is 0 Å². The Labute approximate surface area is 102 Å². The molecular weight excluding hydrogens is 220 g/mol. The van der Waals surface area contributed by atoms with Gasteiger partial charge in [0.15, 0.2) is 0 Å². The van der Waals surface area contributed by atoms with Crippen LogP contribution < -0.4 is 11.1 Å². The van der Waals surface area contributed by atoms with Crippen molar-refractivity contribution < 1.29 is 0 Å². The molecule has 1 aromatic carbocycles. The molecule has 88 valence electrons. The maximum Gasteiger partial charge on any atom is 0.0638 e. The SMILES string of the molecule is CCC1(NCc2ccc(N)c(Cl)c2)CCC1. The number of hydrogen-bond donors (Lipinski definition) is 2. The largest absolute Gasteiger partial charge is 0.398 e. The highest BCUT2D eigenvalue weighted by atomic mass is 35.5. The molecule has 0 spiro atoms. The van der Waals surface area contributed by atoms with Crippen LogP contribution in [0.2, 0.25) is 5.02 Å². The maximum atomic E-state index is 5.99. The molecule has 2 rings (SSSR count). The third kappa shape index (κ3) is 2.33. The molecule has 0 amide bonds. The normalized spacial score (nSPS) is 18.1. The zero-order valence-electron chi connectivity index (χ0n) is 9.72. The fourth-order valence-corrected chi connectivity index (χ4v) is 2.43. The first-order chi connectivity index (χ1) is 7.65. The average molecular weight is 239 g/mol. The maximum absolute atomic E-state index is 5.99. The zero-order valence-corrected chi connectivity index (χ0v) is 10.5. The summed E-state index contributed by atoms with van der Waals surface area (Å²) in [5.41, 5.74) is 7.92.